The van der Waals surface area contributed by atoms with Crippen LogP contribution in [-0.2, 0) is 13.6 Å². The van der Waals surface area contributed by atoms with Crippen molar-refractivity contribution in [3.63, 3.8) is 0 Å². The van der Waals surface area contributed by atoms with Crippen LogP contribution in [0, 0.1) is 0 Å². The molecule has 0 unspecified atom stereocenters. The number of anilines is 1. The molecule has 7 heteroatoms. The molecule has 0 bridgehead atoms. The van der Waals surface area contributed by atoms with Gasteiger partial charge in [0.2, 0.25) is 11.3 Å². The summed E-state index contributed by atoms with van der Waals surface area (Å²) in [5, 5.41) is 0. The molecule has 1 saturated heterocycles. The van der Waals surface area contributed by atoms with Crippen LogP contribution >= 0.6 is 7.60 Å². The van der Waals surface area contributed by atoms with E-state index in [-0.39, 0.29) is 0 Å². The van der Waals surface area contributed by atoms with Gasteiger partial charge < -0.3 is 18.4 Å². The van der Waals surface area contributed by atoms with Gasteiger partial charge in [0.1, 0.15) is 0 Å². The highest BCUT2D eigenvalue weighted by molar-refractivity contribution is 7.62. The Balaban J connectivity index is 2.27. The van der Waals surface area contributed by atoms with Gasteiger partial charge in [-0.05, 0) is 33.1 Å². The fraction of sp³-hybridized carbons (Fsp3) is 0.750. The standard InChI is InChI=1S/C12H21N2O4P/c1-3-17-19(15,18-4-2)11-12(16-10-13-11)14-8-6-5-7-9-14/h10H,3-9H2,1-2H3. The van der Waals surface area contributed by atoms with E-state index in [0.29, 0.717) is 24.5 Å². The van der Waals surface area contributed by atoms with Crippen LogP contribution < -0.4 is 10.3 Å². The molecular formula is C12H21N2O4P. The van der Waals surface area contributed by atoms with Gasteiger partial charge in [0.15, 0.2) is 6.39 Å². The zero-order chi connectivity index (χ0) is 13.7. The normalized spacial score (nSPS) is 16.8. The Morgan fingerprint density at radius 3 is 2.47 bits per heavy atom. The molecule has 0 radical (unpaired) electrons. The minimum atomic E-state index is -3.37. The SMILES string of the molecule is CCOP(=O)(OCC)c1ncoc1N1CCCCC1. The van der Waals surface area contributed by atoms with E-state index in [2.05, 4.69) is 9.88 Å². The minimum absolute atomic E-state index is 0.304. The van der Waals surface area contributed by atoms with Crippen molar-refractivity contribution in [2.45, 2.75) is 33.1 Å². The van der Waals surface area contributed by atoms with E-state index < -0.39 is 7.60 Å². The number of hydrogen-bond acceptors (Lipinski definition) is 6. The van der Waals surface area contributed by atoms with Crippen molar-refractivity contribution in [2.24, 2.45) is 0 Å². The molecule has 1 aliphatic rings. The Morgan fingerprint density at radius 2 is 1.89 bits per heavy atom. The van der Waals surface area contributed by atoms with Crippen LogP contribution in [0.4, 0.5) is 5.88 Å². The van der Waals surface area contributed by atoms with Crippen molar-refractivity contribution in [1.82, 2.24) is 4.98 Å². The highest BCUT2D eigenvalue weighted by Crippen LogP contribution is 2.48. The van der Waals surface area contributed by atoms with Crippen molar-refractivity contribution in [3.05, 3.63) is 6.39 Å². The van der Waals surface area contributed by atoms with Crippen LogP contribution in [0.5, 0.6) is 0 Å². The van der Waals surface area contributed by atoms with Crippen molar-refractivity contribution in [1.29, 1.82) is 0 Å². The quantitative estimate of drug-likeness (QED) is 0.750. The second-order valence-corrected chi connectivity index (χ2v) is 6.30. The molecule has 0 saturated carbocycles. The molecule has 1 aliphatic heterocycles. The minimum Gasteiger partial charge on any atom is -0.427 e. The first kappa shape index (κ1) is 14.6. The highest BCUT2D eigenvalue weighted by atomic mass is 31.2. The first-order valence-corrected chi connectivity index (χ1v) is 8.33. The van der Waals surface area contributed by atoms with Crippen molar-refractivity contribution >= 4 is 18.9 Å². The number of piperidine rings is 1. The third-order valence-electron chi connectivity index (χ3n) is 3.03. The number of aromatic nitrogens is 1. The Kier molecular flexibility index (Phi) is 5.02. The fourth-order valence-corrected chi connectivity index (χ4v) is 3.85. The molecule has 0 amide bonds. The largest absolute Gasteiger partial charge is 0.427 e. The second kappa shape index (κ2) is 6.55. The first-order valence-electron chi connectivity index (χ1n) is 6.79. The van der Waals surface area contributed by atoms with E-state index in [1.807, 2.05) is 0 Å². The average molecular weight is 288 g/mol. The predicted octanol–water partition coefficient (Wildman–Crippen LogP) is 2.56. The van der Waals surface area contributed by atoms with Gasteiger partial charge in [0, 0.05) is 13.1 Å². The van der Waals surface area contributed by atoms with Gasteiger partial charge in [0.25, 0.3) is 0 Å². The number of hydrogen-bond donors (Lipinski definition) is 0. The highest BCUT2D eigenvalue weighted by Gasteiger charge is 2.36. The fourth-order valence-electron chi connectivity index (χ4n) is 2.23. The lowest BCUT2D eigenvalue weighted by Gasteiger charge is -2.27. The maximum absolute atomic E-state index is 12.7. The zero-order valence-corrected chi connectivity index (χ0v) is 12.4. The Bertz CT molecular complexity index is 433. The molecule has 0 aromatic carbocycles. The molecular weight excluding hydrogens is 267 g/mol. The molecule has 1 aromatic heterocycles. The second-order valence-electron chi connectivity index (χ2n) is 4.36. The van der Waals surface area contributed by atoms with Gasteiger partial charge in [-0.2, -0.15) is 0 Å². The average Bonchev–Trinajstić information content (AvgIpc) is 2.90. The van der Waals surface area contributed by atoms with Crippen LogP contribution in [0.3, 0.4) is 0 Å². The molecule has 108 valence electrons. The number of rotatable bonds is 6. The lowest BCUT2D eigenvalue weighted by molar-refractivity contribution is 0.229. The third-order valence-corrected chi connectivity index (χ3v) is 5.05. The number of oxazole rings is 1. The predicted molar refractivity (Wildman–Crippen MR) is 73.1 cm³/mol. The van der Waals surface area contributed by atoms with Gasteiger partial charge in [-0.1, -0.05) is 0 Å². The van der Waals surface area contributed by atoms with Crippen LogP contribution in [0.2, 0.25) is 0 Å². The van der Waals surface area contributed by atoms with Crippen molar-refractivity contribution in [3.8, 4) is 0 Å². The third kappa shape index (κ3) is 3.19. The van der Waals surface area contributed by atoms with Gasteiger partial charge >= 0.3 is 7.60 Å². The molecule has 2 rings (SSSR count). The Morgan fingerprint density at radius 1 is 1.26 bits per heavy atom. The van der Waals surface area contributed by atoms with Gasteiger partial charge in [-0.25, -0.2) is 4.98 Å². The van der Waals surface area contributed by atoms with Crippen LogP contribution in [0.1, 0.15) is 33.1 Å². The van der Waals surface area contributed by atoms with Gasteiger partial charge in [-0.3, -0.25) is 4.57 Å². The molecule has 0 aliphatic carbocycles. The summed E-state index contributed by atoms with van der Waals surface area (Å²) in [6, 6.07) is 0. The molecule has 1 aromatic rings. The van der Waals surface area contributed by atoms with Crippen molar-refractivity contribution in [2.75, 3.05) is 31.2 Å². The Labute approximate surface area is 113 Å². The van der Waals surface area contributed by atoms with Gasteiger partial charge in [-0.15, -0.1) is 0 Å². The van der Waals surface area contributed by atoms with E-state index in [1.54, 1.807) is 13.8 Å². The summed E-state index contributed by atoms with van der Waals surface area (Å²) < 4.78 is 28.8. The molecule has 0 spiro atoms. The van der Waals surface area contributed by atoms with Gasteiger partial charge in [0.05, 0.1) is 13.2 Å². The van der Waals surface area contributed by atoms with E-state index in [9.17, 15) is 4.57 Å². The molecule has 19 heavy (non-hydrogen) atoms. The van der Waals surface area contributed by atoms with E-state index in [0.717, 1.165) is 25.9 Å². The van der Waals surface area contributed by atoms with Crippen LogP contribution in [-0.4, -0.2) is 31.3 Å². The summed E-state index contributed by atoms with van der Waals surface area (Å²) in [6.45, 7) is 5.96. The lowest BCUT2D eigenvalue weighted by atomic mass is 10.1. The van der Waals surface area contributed by atoms with Crippen LogP contribution in [0.15, 0.2) is 10.8 Å². The maximum Gasteiger partial charge on any atom is 0.385 e. The molecule has 2 heterocycles. The number of nitrogens with zero attached hydrogens (tertiary/aromatic N) is 2. The summed E-state index contributed by atoms with van der Waals surface area (Å²) in [6.07, 6.45) is 4.74. The van der Waals surface area contributed by atoms with Crippen molar-refractivity contribution < 1.29 is 18.0 Å². The summed E-state index contributed by atoms with van der Waals surface area (Å²) in [7, 11) is -3.37. The van der Waals surface area contributed by atoms with E-state index >= 15 is 0 Å². The lowest BCUT2D eigenvalue weighted by Crippen LogP contribution is -2.33. The molecule has 6 nitrogen and oxygen atoms in total. The summed E-state index contributed by atoms with van der Waals surface area (Å²) in [5.41, 5.74) is 0.304. The van der Waals surface area contributed by atoms with E-state index in [4.69, 9.17) is 13.5 Å². The maximum atomic E-state index is 12.7. The summed E-state index contributed by atoms with van der Waals surface area (Å²) in [5.74, 6) is 0.532. The zero-order valence-electron chi connectivity index (χ0n) is 11.5. The molecule has 1 fully saturated rings. The summed E-state index contributed by atoms with van der Waals surface area (Å²) in [4.78, 5) is 6.15. The smallest absolute Gasteiger partial charge is 0.385 e. The summed E-state index contributed by atoms with van der Waals surface area (Å²) >= 11 is 0. The topological polar surface area (TPSA) is 64.8 Å². The molecule has 0 N–H and O–H groups in total. The molecule has 0 atom stereocenters. The monoisotopic (exact) mass is 288 g/mol. The first-order chi connectivity index (χ1) is 9.21. The van der Waals surface area contributed by atoms with Crippen LogP contribution in [0.25, 0.3) is 0 Å². The Hall–Kier alpha value is -0.840. The van der Waals surface area contributed by atoms with E-state index in [1.165, 1.54) is 12.8 Å².